The summed E-state index contributed by atoms with van der Waals surface area (Å²) in [7, 11) is 0. The summed E-state index contributed by atoms with van der Waals surface area (Å²) >= 11 is 3.50. The van der Waals surface area contributed by atoms with Crippen LogP contribution in [0.25, 0.3) is 10.9 Å². The SMILES string of the molecule is BrCc1cccc(Cn2ccc3ccccc32)c1. The molecular weight excluding hydrogens is 286 g/mol. The molecular formula is C16H14BrN. The zero-order valence-electron chi connectivity index (χ0n) is 10.0. The van der Waals surface area contributed by atoms with Crippen molar-refractivity contribution in [3.8, 4) is 0 Å². The molecule has 0 aliphatic carbocycles. The topological polar surface area (TPSA) is 4.93 Å². The molecule has 1 nitrogen and oxygen atoms in total. The molecule has 0 aliphatic rings. The van der Waals surface area contributed by atoms with Crippen molar-refractivity contribution < 1.29 is 0 Å². The number of rotatable bonds is 3. The first kappa shape index (κ1) is 11.5. The minimum absolute atomic E-state index is 0.910. The Morgan fingerprint density at radius 3 is 2.61 bits per heavy atom. The fraction of sp³-hybridized carbons (Fsp3) is 0.125. The summed E-state index contributed by atoms with van der Waals surface area (Å²) in [5.41, 5.74) is 3.96. The Balaban J connectivity index is 1.96. The summed E-state index contributed by atoms with van der Waals surface area (Å²) in [6, 6.07) is 19.4. The van der Waals surface area contributed by atoms with E-state index in [0.717, 1.165) is 11.9 Å². The van der Waals surface area contributed by atoms with Crippen LogP contribution in [0.15, 0.2) is 60.8 Å². The lowest BCUT2D eigenvalue weighted by Crippen LogP contribution is -1.98. The van der Waals surface area contributed by atoms with Crippen molar-refractivity contribution in [3.05, 3.63) is 71.9 Å². The average molecular weight is 300 g/mol. The van der Waals surface area contributed by atoms with Crippen LogP contribution < -0.4 is 0 Å². The molecule has 0 unspecified atom stereocenters. The summed E-state index contributed by atoms with van der Waals surface area (Å²) in [4.78, 5) is 0. The van der Waals surface area contributed by atoms with E-state index in [-0.39, 0.29) is 0 Å². The van der Waals surface area contributed by atoms with Crippen LogP contribution in [0.4, 0.5) is 0 Å². The van der Waals surface area contributed by atoms with E-state index in [2.05, 4.69) is 81.3 Å². The van der Waals surface area contributed by atoms with E-state index in [1.54, 1.807) is 0 Å². The molecule has 2 aromatic carbocycles. The summed E-state index contributed by atoms with van der Waals surface area (Å²) in [6.07, 6.45) is 2.16. The maximum absolute atomic E-state index is 3.50. The van der Waals surface area contributed by atoms with Gasteiger partial charge < -0.3 is 4.57 Å². The van der Waals surface area contributed by atoms with Crippen molar-refractivity contribution in [2.45, 2.75) is 11.9 Å². The van der Waals surface area contributed by atoms with E-state index in [0.29, 0.717) is 0 Å². The molecule has 0 saturated heterocycles. The van der Waals surface area contributed by atoms with E-state index in [4.69, 9.17) is 0 Å². The van der Waals surface area contributed by atoms with Gasteiger partial charge in [-0.25, -0.2) is 0 Å². The van der Waals surface area contributed by atoms with Crippen molar-refractivity contribution in [2.24, 2.45) is 0 Å². The molecule has 0 radical (unpaired) electrons. The number of fused-ring (bicyclic) bond motifs is 1. The van der Waals surface area contributed by atoms with Crippen LogP contribution in [0, 0.1) is 0 Å². The first-order valence-corrected chi connectivity index (χ1v) is 7.16. The van der Waals surface area contributed by atoms with Crippen molar-refractivity contribution >= 4 is 26.8 Å². The molecule has 0 saturated carbocycles. The third-order valence-electron chi connectivity index (χ3n) is 3.18. The van der Waals surface area contributed by atoms with Gasteiger partial charge in [0, 0.05) is 23.6 Å². The predicted octanol–water partition coefficient (Wildman–Crippen LogP) is 4.58. The van der Waals surface area contributed by atoms with Gasteiger partial charge in [0.05, 0.1) is 0 Å². The van der Waals surface area contributed by atoms with Crippen LogP contribution in [0.5, 0.6) is 0 Å². The molecule has 0 N–H and O–H groups in total. The van der Waals surface area contributed by atoms with Crippen molar-refractivity contribution in [1.82, 2.24) is 4.57 Å². The molecule has 90 valence electrons. The number of aromatic nitrogens is 1. The van der Waals surface area contributed by atoms with Gasteiger partial charge in [0.2, 0.25) is 0 Å². The van der Waals surface area contributed by atoms with Crippen LogP contribution in [0.3, 0.4) is 0 Å². The normalized spacial score (nSPS) is 10.9. The third kappa shape index (κ3) is 2.21. The number of para-hydroxylation sites is 1. The van der Waals surface area contributed by atoms with E-state index >= 15 is 0 Å². The molecule has 18 heavy (non-hydrogen) atoms. The van der Waals surface area contributed by atoms with Gasteiger partial charge in [0.25, 0.3) is 0 Å². The highest BCUT2D eigenvalue weighted by Gasteiger charge is 2.01. The van der Waals surface area contributed by atoms with E-state index in [9.17, 15) is 0 Å². The Morgan fingerprint density at radius 2 is 1.72 bits per heavy atom. The number of alkyl halides is 1. The second-order valence-corrected chi connectivity index (χ2v) is 5.02. The van der Waals surface area contributed by atoms with Gasteiger partial charge in [-0.1, -0.05) is 58.4 Å². The van der Waals surface area contributed by atoms with Crippen LogP contribution in [-0.4, -0.2) is 4.57 Å². The molecule has 0 spiro atoms. The fourth-order valence-electron chi connectivity index (χ4n) is 2.29. The van der Waals surface area contributed by atoms with Gasteiger partial charge >= 0.3 is 0 Å². The van der Waals surface area contributed by atoms with Gasteiger partial charge in [-0.2, -0.15) is 0 Å². The van der Waals surface area contributed by atoms with Gasteiger partial charge in [-0.05, 0) is 28.6 Å². The Labute approximate surface area is 115 Å². The molecule has 3 aromatic rings. The monoisotopic (exact) mass is 299 g/mol. The van der Waals surface area contributed by atoms with Gasteiger partial charge in [0.15, 0.2) is 0 Å². The van der Waals surface area contributed by atoms with Crippen molar-refractivity contribution in [1.29, 1.82) is 0 Å². The highest BCUT2D eigenvalue weighted by atomic mass is 79.9. The number of hydrogen-bond acceptors (Lipinski definition) is 0. The van der Waals surface area contributed by atoms with Gasteiger partial charge in [-0.15, -0.1) is 0 Å². The van der Waals surface area contributed by atoms with E-state index in [1.165, 1.54) is 22.0 Å². The molecule has 1 aromatic heterocycles. The summed E-state index contributed by atoms with van der Waals surface area (Å²) in [5, 5.41) is 2.21. The quantitative estimate of drug-likeness (QED) is 0.624. The smallest absolute Gasteiger partial charge is 0.0483 e. The van der Waals surface area contributed by atoms with Crippen LogP contribution >= 0.6 is 15.9 Å². The Kier molecular flexibility index (Phi) is 3.20. The number of benzene rings is 2. The summed E-state index contributed by atoms with van der Waals surface area (Å²) in [5.74, 6) is 0. The molecule has 0 fully saturated rings. The number of hydrogen-bond donors (Lipinski definition) is 0. The van der Waals surface area contributed by atoms with Crippen molar-refractivity contribution in [3.63, 3.8) is 0 Å². The van der Waals surface area contributed by atoms with E-state index in [1.807, 2.05) is 0 Å². The summed E-state index contributed by atoms with van der Waals surface area (Å²) < 4.78 is 2.29. The molecule has 0 bridgehead atoms. The Morgan fingerprint density at radius 1 is 0.889 bits per heavy atom. The summed E-state index contributed by atoms with van der Waals surface area (Å²) in [6.45, 7) is 0.925. The van der Waals surface area contributed by atoms with Crippen LogP contribution in [0.2, 0.25) is 0 Å². The highest BCUT2D eigenvalue weighted by molar-refractivity contribution is 9.08. The predicted molar refractivity (Wildman–Crippen MR) is 80.1 cm³/mol. The Bertz CT molecular complexity index is 669. The second kappa shape index (κ2) is 4.99. The molecule has 3 rings (SSSR count). The minimum atomic E-state index is 0.910. The van der Waals surface area contributed by atoms with Gasteiger partial charge in [-0.3, -0.25) is 0 Å². The highest BCUT2D eigenvalue weighted by Crippen LogP contribution is 2.17. The lowest BCUT2D eigenvalue weighted by molar-refractivity contribution is 0.836. The lowest BCUT2D eigenvalue weighted by atomic mass is 10.1. The zero-order chi connectivity index (χ0) is 12.4. The van der Waals surface area contributed by atoms with Gasteiger partial charge in [0.1, 0.15) is 0 Å². The Hall–Kier alpha value is -1.54. The molecule has 0 atom stereocenters. The molecule has 1 heterocycles. The maximum Gasteiger partial charge on any atom is 0.0483 e. The molecule has 2 heteroatoms. The fourth-order valence-corrected chi connectivity index (χ4v) is 2.64. The van der Waals surface area contributed by atoms with Crippen molar-refractivity contribution in [2.75, 3.05) is 0 Å². The standard InChI is InChI=1S/C16H14BrN/c17-11-13-4-3-5-14(10-13)12-18-9-8-15-6-1-2-7-16(15)18/h1-10H,11-12H2. The van der Waals surface area contributed by atoms with Crippen LogP contribution in [-0.2, 0) is 11.9 Å². The minimum Gasteiger partial charge on any atom is -0.343 e. The first-order valence-electron chi connectivity index (χ1n) is 6.04. The third-order valence-corrected chi connectivity index (χ3v) is 3.83. The first-order chi connectivity index (χ1) is 8.86. The average Bonchev–Trinajstić information content (AvgIpc) is 2.83. The largest absolute Gasteiger partial charge is 0.343 e. The molecule has 0 amide bonds. The molecule has 0 aliphatic heterocycles. The second-order valence-electron chi connectivity index (χ2n) is 4.46. The lowest BCUT2D eigenvalue weighted by Gasteiger charge is -2.07. The zero-order valence-corrected chi connectivity index (χ0v) is 11.6. The number of halogens is 1. The maximum atomic E-state index is 3.50. The van der Waals surface area contributed by atoms with Crippen LogP contribution in [0.1, 0.15) is 11.1 Å². The van der Waals surface area contributed by atoms with E-state index < -0.39 is 0 Å². The number of nitrogens with zero attached hydrogens (tertiary/aromatic N) is 1.